The van der Waals surface area contributed by atoms with Crippen molar-refractivity contribution in [2.45, 2.75) is 64.4 Å². The molecule has 0 heterocycles. The van der Waals surface area contributed by atoms with Crippen molar-refractivity contribution < 1.29 is 19.3 Å². The van der Waals surface area contributed by atoms with Crippen molar-refractivity contribution in [3.05, 3.63) is 108 Å². The van der Waals surface area contributed by atoms with Crippen LogP contribution in [0.1, 0.15) is 63.4 Å². The highest BCUT2D eigenvalue weighted by atomic mass is 16.5. The smallest absolute Gasteiger partial charge is 0.123 e. The third-order valence-corrected chi connectivity index (χ3v) is 6.84. The molecule has 0 aliphatic heterocycles. The Kier molecular flexibility index (Phi) is 13.5. The molecule has 1 N–H and O–H groups in total. The third kappa shape index (κ3) is 11.8. The first kappa shape index (κ1) is 30.8. The van der Waals surface area contributed by atoms with Crippen LogP contribution < -0.4 is 14.2 Å². The van der Waals surface area contributed by atoms with E-state index in [0.717, 1.165) is 79.1 Å². The van der Waals surface area contributed by atoms with E-state index in [-0.39, 0.29) is 6.61 Å². The lowest BCUT2D eigenvalue weighted by atomic mass is 10.1. The predicted molar refractivity (Wildman–Crippen MR) is 168 cm³/mol. The van der Waals surface area contributed by atoms with E-state index < -0.39 is 0 Å². The fraction of sp³-hybridized carbons (Fsp3) is 0.361. The van der Waals surface area contributed by atoms with Crippen LogP contribution in [0.15, 0.2) is 113 Å². The Hall–Kier alpha value is -4.12. The lowest BCUT2D eigenvalue weighted by molar-refractivity contribution is 0.270. The fourth-order valence-electron chi connectivity index (χ4n) is 4.53. The number of azo groups is 1. The molecule has 0 fully saturated rings. The van der Waals surface area contributed by atoms with Gasteiger partial charge in [-0.3, -0.25) is 0 Å². The Labute approximate surface area is 250 Å². The van der Waals surface area contributed by atoms with Crippen LogP contribution in [-0.4, -0.2) is 24.9 Å². The quantitative estimate of drug-likeness (QED) is 0.0839. The van der Waals surface area contributed by atoms with Gasteiger partial charge in [0.1, 0.15) is 17.2 Å². The summed E-state index contributed by atoms with van der Waals surface area (Å²) in [6.07, 6.45) is 15.9. The number of allylic oxidation sites excluding steroid dienone is 3. The topological polar surface area (TPSA) is 72.6 Å². The van der Waals surface area contributed by atoms with Crippen LogP contribution in [0.25, 0.3) is 0 Å². The molecule has 0 saturated carbocycles. The zero-order valence-electron chi connectivity index (χ0n) is 24.4. The molecule has 42 heavy (non-hydrogen) atoms. The van der Waals surface area contributed by atoms with Gasteiger partial charge >= 0.3 is 0 Å². The molecule has 0 atom stereocenters. The summed E-state index contributed by atoms with van der Waals surface area (Å²) in [5.41, 5.74) is 6.98. The zero-order valence-corrected chi connectivity index (χ0v) is 24.4. The second kappa shape index (κ2) is 18.3. The molecule has 3 aromatic rings. The summed E-state index contributed by atoms with van der Waals surface area (Å²) >= 11 is 0. The first-order chi connectivity index (χ1) is 20.8. The highest BCUT2D eigenvalue weighted by molar-refractivity contribution is 5.42. The lowest BCUT2D eigenvalue weighted by Gasteiger charge is -2.12. The molecular weight excluding hydrogens is 524 g/mol. The van der Waals surface area contributed by atoms with Gasteiger partial charge < -0.3 is 19.3 Å². The van der Waals surface area contributed by atoms with Gasteiger partial charge in [-0.05, 0) is 111 Å². The van der Waals surface area contributed by atoms with Crippen molar-refractivity contribution in [3.8, 4) is 17.2 Å². The summed E-state index contributed by atoms with van der Waals surface area (Å²) in [5, 5.41) is 18.2. The van der Waals surface area contributed by atoms with Crippen molar-refractivity contribution in [1.82, 2.24) is 0 Å². The van der Waals surface area contributed by atoms with E-state index in [1.54, 1.807) is 0 Å². The maximum atomic E-state index is 9.65. The van der Waals surface area contributed by atoms with Crippen LogP contribution in [0, 0.1) is 0 Å². The summed E-state index contributed by atoms with van der Waals surface area (Å²) in [4.78, 5) is 0. The molecule has 6 heteroatoms. The second-order valence-electron chi connectivity index (χ2n) is 10.3. The van der Waals surface area contributed by atoms with Gasteiger partial charge in [0.2, 0.25) is 0 Å². The van der Waals surface area contributed by atoms with E-state index in [9.17, 15) is 5.11 Å². The van der Waals surface area contributed by atoms with Crippen molar-refractivity contribution in [2.75, 3.05) is 19.8 Å². The maximum absolute atomic E-state index is 9.65. The van der Waals surface area contributed by atoms with Crippen LogP contribution in [0.4, 0.5) is 11.4 Å². The number of benzene rings is 3. The Morgan fingerprint density at radius 3 is 1.74 bits per heavy atom. The molecule has 4 rings (SSSR count). The van der Waals surface area contributed by atoms with Crippen molar-refractivity contribution >= 4 is 11.4 Å². The predicted octanol–water partition coefficient (Wildman–Crippen LogP) is 9.59. The first-order valence-electron chi connectivity index (χ1n) is 15.1. The normalized spacial score (nSPS) is 12.2. The van der Waals surface area contributed by atoms with Gasteiger partial charge in [0.05, 0.1) is 37.8 Å². The summed E-state index contributed by atoms with van der Waals surface area (Å²) < 4.78 is 17.8. The van der Waals surface area contributed by atoms with Gasteiger partial charge in [-0.2, -0.15) is 10.2 Å². The van der Waals surface area contributed by atoms with E-state index in [1.165, 1.54) is 18.4 Å². The summed E-state index contributed by atoms with van der Waals surface area (Å²) in [5.74, 6) is 2.34. The van der Waals surface area contributed by atoms with Crippen LogP contribution in [0.2, 0.25) is 0 Å². The number of aliphatic hydroxyl groups excluding tert-OH is 1. The van der Waals surface area contributed by atoms with Crippen molar-refractivity contribution in [3.63, 3.8) is 0 Å². The molecule has 0 unspecified atom stereocenters. The Bertz CT molecular complexity index is 1330. The number of aliphatic hydroxyl groups is 1. The molecule has 0 bridgehead atoms. The number of ether oxygens (including phenoxy) is 3. The summed E-state index contributed by atoms with van der Waals surface area (Å²) in [7, 11) is 0. The number of nitrogens with zero attached hydrogens (tertiary/aromatic N) is 2. The van der Waals surface area contributed by atoms with E-state index in [2.05, 4.69) is 22.0 Å². The number of hydrogen-bond donors (Lipinski definition) is 1. The van der Waals surface area contributed by atoms with Crippen LogP contribution in [0.3, 0.4) is 0 Å². The van der Waals surface area contributed by atoms with Gasteiger partial charge in [0.25, 0.3) is 0 Å². The molecule has 0 saturated heterocycles. The van der Waals surface area contributed by atoms with E-state index in [4.69, 9.17) is 14.2 Å². The highest BCUT2D eigenvalue weighted by Crippen LogP contribution is 2.25. The molecule has 0 amide bonds. The van der Waals surface area contributed by atoms with Gasteiger partial charge in [-0.1, -0.05) is 43.2 Å². The Morgan fingerprint density at radius 2 is 1.17 bits per heavy atom. The molecular formula is C36H42N2O4. The largest absolute Gasteiger partial charge is 0.494 e. The average molecular weight is 567 g/mol. The fourth-order valence-corrected chi connectivity index (χ4v) is 4.53. The van der Waals surface area contributed by atoms with E-state index in [1.807, 2.05) is 84.9 Å². The average Bonchev–Trinajstić information content (AvgIpc) is 3.55. The molecule has 0 radical (unpaired) electrons. The number of hydrogen-bond acceptors (Lipinski definition) is 6. The Morgan fingerprint density at radius 1 is 0.595 bits per heavy atom. The monoisotopic (exact) mass is 566 g/mol. The highest BCUT2D eigenvalue weighted by Gasteiger charge is 2.04. The molecule has 220 valence electrons. The summed E-state index contributed by atoms with van der Waals surface area (Å²) in [6.45, 7) is 1.95. The standard InChI is InChI=1S/C36H42N2O4/c39-29-31-26-35(41-24-11-2-1-6-14-30-15-9-10-16-30)28-36(27-31)42-25-13-4-3-12-23-40-34-21-19-33(20-22-34)38-37-32-17-7-5-8-18-32/h5,7-10,15,17-22,26-28,39H,1-4,6,11-14,23-25,29H2. The lowest BCUT2D eigenvalue weighted by Crippen LogP contribution is -2.02. The van der Waals surface area contributed by atoms with Gasteiger partial charge in [0.15, 0.2) is 0 Å². The first-order valence-corrected chi connectivity index (χ1v) is 15.1. The minimum absolute atomic E-state index is 0.0349. The van der Waals surface area contributed by atoms with Crippen LogP contribution in [-0.2, 0) is 6.61 Å². The van der Waals surface area contributed by atoms with Gasteiger partial charge in [-0.15, -0.1) is 5.73 Å². The van der Waals surface area contributed by atoms with Gasteiger partial charge in [0, 0.05) is 6.07 Å². The molecule has 3 aromatic carbocycles. The zero-order chi connectivity index (χ0) is 29.1. The molecule has 6 nitrogen and oxygen atoms in total. The molecule has 1 aliphatic carbocycles. The minimum Gasteiger partial charge on any atom is -0.494 e. The molecule has 1 aliphatic rings. The maximum Gasteiger partial charge on any atom is 0.123 e. The Balaban J connectivity index is 1.04. The number of unbranched alkanes of at least 4 members (excludes halogenated alkanes) is 6. The SMILES string of the molecule is OCc1cc(OCCCCCCOc2ccc(N=Nc3ccccc3)cc2)cc(OCCCCCCC2=C=CC=C2)c1. The number of rotatable bonds is 20. The molecule has 0 aromatic heterocycles. The van der Waals surface area contributed by atoms with Crippen LogP contribution >= 0.6 is 0 Å². The minimum atomic E-state index is -0.0349. The molecule has 0 spiro atoms. The van der Waals surface area contributed by atoms with E-state index in [0.29, 0.717) is 19.8 Å². The van der Waals surface area contributed by atoms with Crippen LogP contribution in [0.5, 0.6) is 17.2 Å². The second-order valence-corrected chi connectivity index (χ2v) is 10.3. The third-order valence-electron chi connectivity index (χ3n) is 6.84. The van der Waals surface area contributed by atoms with Crippen molar-refractivity contribution in [2.24, 2.45) is 10.2 Å². The van der Waals surface area contributed by atoms with E-state index >= 15 is 0 Å². The van der Waals surface area contributed by atoms with Crippen molar-refractivity contribution in [1.29, 1.82) is 0 Å². The van der Waals surface area contributed by atoms with Gasteiger partial charge in [-0.25, -0.2) is 0 Å². The summed E-state index contributed by atoms with van der Waals surface area (Å²) in [6, 6.07) is 23.1.